The van der Waals surface area contributed by atoms with Gasteiger partial charge in [0.15, 0.2) is 0 Å². The molecule has 1 amide bonds. The maximum atomic E-state index is 12.6. The highest BCUT2D eigenvalue weighted by atomic mass is 16.2. The normalized spacial score (nSPS) is 15.5. The fraction of sp³-hybridized carbons (Fsp3) is 0.286. The Morgan fingerprint density at radius 2 is 1.50 bits per heavy atom. The van der Waals surface area contributed by atoms with Gasteiger partial charge in [-0.05, 0) is 29.7 Å². The van der Waals surface area contributed by atoms with Crippen LogP contribution in [0, 0.1) is 0 Å². The van der Waals surface area contributed by atoms with Crippen molar-refractivity contribution in [2.45, 2.75) is 13.3 Å². The van der Waals surface area contributed by atoms with Crippen molar-refractivity contribution in [3.8, 4) is 0 Å². The molecule has 2 aromatic rings. The zero-order chi connectivity index (χ0) is 16.8. The third-order valence-corrected chi connectivity index (χ3v) is 4.54. The number of hydrogen-bond donors (Lipinski definition) is 0. The lowest BCUT2D eigenvalue weighted by Gasteiger charge is -2.35. The predicted molar refractivity (Wildman–Crippen MR) is 99.9 cm³/mol. The molecule has 0 aliphatic carbocycles. The number of hydrogen-bond acceptors (Lipinski definition) is 2. The second kappa shape index (κ2) is 7.82. The summed E-state index contributed by atoms with van der Waals surface area (Å²) in [5.41, 5.74) is 3.47. The van der Waals surface area contributed by atoms with Crippen molar-refractivity contribution in [1.29, 1.82) is 0 Å². The summed E-state index contributed by atoms with van der Waals surface area (Å²) >= 11 is 0. The minimum atomic E-state index is 0.128. The molecule has 3 rings (SSSR count). The van der Waals surface area contributed by atoms with Crippen LogP contribution in [0.1, 0.15) is 18.9 Å². The first kappa shape index (κ1) is 16.3. The van der Waals surface area contributed by atoms with E-state index in [1.54, 1.807) is 0 Å². The summed E-state index contributed by atoms with van der Waals surface area (Å²) in [6.45, 7) is 5.41. The van der Waals surface area contributed by atoms with E-state index in [1.807, 2.05) is 35.2 Å². The zero-order valence-corrected chi connectivity index (χ0v) is 14.2. The third-order valence-electron chi connectivity index (χ3n) is 4.54. The molecule has 2 aromatic carbocycles. The number of anilines is 1. The average Bonchev–Trinajstić information content (AvgIpc) is 2.67. The Balaban J connectivity index is 1.63. The molecule has 0 unspecified atom stereocenters. The average molecular weight is 320 g/mol. The minimum Gasteiger partial charge on any atom is -0.368 e. The van der Waals surface area contributed by atoms with Gasteiger partial charge in [-0.2, -0.15) is 0 Å². The van der Waals surface area contributed by atoms with Gasteiger partial charge in [0.05, 0.1) is 0 Å². The van der Waals surface area contributed by atoms with Crippen molar-refractivity contribution >= 4 is 17.2 Å². The molecule has 3 heteroatoms. The minimum absolute atomic E-state index is 0.128. The van der Waals surface area contributed by atoms with Crippen molar-refractivity contribution in [1.82, 2.24) is 4.90 Å². The van der Waals surface area contributed by atoms with Gasteiger partial charge in [-0.25, -0.2) is 0 Å². The third kappa shape index (κ3) is 3.85. The molecule has 1 fully saturated rings. The maximum absolute atomic E-state index is 12.6. The van der Waals surface area contributed by atoms with Crippen LogP contribution in [0.3, 0.4) is 0 Å². The molecule has 124 valence electrons. The van der Waals surface area contributed by atoms with Gasteiger partial charge in [-0.3, -0.25) is 4.79 Å². The molecule has 0 atom stereocenters. The quantitative estimate of drug-likeness (QED) is 0.799. The van der Waals surface area contributed by atoms with Crippen LogP contribution in [0.25, 0.3) is 5.57 Å². The van der Waals surface area contributed by atoms with Gasteiger partial charge >= 0.3 is 0 Å². The summed E-state index contributed by atoms with van der Waals surface area (Å²) in [5, 5.41) is 0. The molecule has 0 radical (unpaired) electrons. The second-order valence-electron chi connectivity index (χ2n) is 6.04. The van der Waals surface area contributed by atoms with Gasteiger partial charge in [-0.15, -0.1) is 0 Å². The van der Waals surface area contributed by atoms with Crippen LogP contribution in [0.2, 0.25) is 0 Å². The van der Waals surface area contributed by atoms with E-state index >= 15 is 0 Å². The Bertz CT molecular complexity index is 686. The van der Waals surface area contributed by atoms with Crippen LogP contribution in [0.5, 0.6) is 0 Å². The molecule has 24 heavy (non-hydrogen) atoms. The molecule has 0 N–H and O–H groups in total. The summed E-state index contributed by atoms with van der Waals surface area (Å²) < 4.78 is 0. The van der Waals surface area contributed by atoms with Crippen molar-refractivity contribution in [2.75, 3.05) is 31.1 Å². The van der Waals surface area contributed by atoms with Crippen LogP contribution in [-0.2, 0) is 4.79 Å². The Labute approximate surface area is 144 Å². The number of benzene rings is 2. The molecule has 3 nitrogen and oxygen atoms in total. The van der Waals surface area contributed by atoms with Crippen molar-refractivity contribution < 1.29 is 4.79 Å². The lowest BCUT2D eigenvalue weighted by atomic mass is 10.0. The highest BCUT2D eigenvalue weighted by Gasteiger charge is 2.20. The number of para-hydroxylation sites is 1. The van der Waals surface area contributed by atoms with Gasteiger partial charge in [0.25, 0.3) is 0 Å². The Kier molecular flexibility index (Phi) is 5.32. The molecular formula is C21H24N2O. The van der Waals surface area contributed by atoms with E-state index in [4.69, 9.17) is 0 Å². The van der Waals surface area contributed by atoms with Crippen LogP contribution < -0.4 is 4.90 Å². The van der Waals surface area contributed by atoms with Crippen LogP contribution in [0.15, 0.2) is 66.7 Å². The largest absolute Gasteiger partial charge is 0.368 e. The zero-order valence-electron chi connectivity index (χ0n) is 14.2. The smallest absolute Gasteiger partial charge is 0.246 e. The monoisotopic (exact) mass is 320 g/mol. The van der Waals surface area contributed by atoms with E-state index in [2.05, 4.69) is 48.2 Å². The number of nitrogens with zero attached hydrogens (tertiary/aromatic N) is 2. The van der Waals surface area contributed by atoms with Crippen LogP contribution in [-0.4, -0.2) is 37.0 Å². The van der Waals surface area contributed by atoms with E-state index in [-0.39, 0.29) is 5.91 Å². The Morgan fingerprint density at radius 3 is 2.08 bits per heavy atom. The van der Waals surface area contributed by atoms with Gasteiger partial charge < -0.3 is 9.80 Å². The van der Waals surface area contributed by atoms with E-state index < -0.39 is 0 Å². The lowest BCUT2D eigenvalue weighted by molar-refractivity contribution is -0.126. The molecule has 0 aromatic heterocycles. The van der Waals surface area contributed by atoms with E-state index in [1.165, 1.54) is 5.69 Å². The first-order chi connectivity index (χ1) is 11.8. The fourth-order valence-corrected chi connectivity index (χ4v) is 3.11. The molecule has 0 bridgehead atoms. The van der Waals surface area contributed by atoms with Gasteiger partial charge in [-0.1, -0.05) is 55.5 Å². The second-order valence-corrected chi connectivity index (χ2v) is 6.04. The number of amides is 1. The topological polar surface area (TPSA) is 23.6 Å². The summed E-state index contributed by atoms with van der Waals surface area (Å²) in [7, 11) is 0. The molecule has 1 aliphatic rings. The standard InChI is InChI=1S/C21H24N2O/c1-2-18(19-9-5-3-6-10-19)17-21(24)23-15-13-22(14-16-23)20-11-7-4-8-12-20/h3-12,17H,2,13-16H2,1H3/b18-17+. The number of piperazine rings is 1. The maximum Gasteiger partial charge on any atom is 0.246 e. The number of carbonyl (C=O) groups is 1. The van der Waals surface area contributed by atoms with E-state index in [9.17, 15) is 4.79 Å². The number of rotatable bonds is 4. The van der Waals surface area contributed by atoms with Gasteiger partial charge in [0, 0.05) is 37.9 Å². The fourth-order valence-electron chi connectivity index (χ4n) is 3.11. The molecular weight excluding hydrogens is 296 g/mol. The van der Waals surface area contributed by atoms with Crippen molar-refractivity contribution in [3.63, 3.8) is 0 Å². The van der Waals surface area contributed by atoms with Gasteiger partial charge in [0.1, 0.15) is 0 Å². The molecule has 1 heterocycles. The van der Waals surface area contributed by atoms with Crippen LogP contribution >= 0.6 is 0 Å². The molecule has 0 saturated carbocycles. The summed E-state index contributed by atoms with van der Waals surface area (Å²) in [4.78, 5) is 16.9. The first-order valence-electron chi connectivity index (χ1n) is 8.63. The number of carbonyl (C=O) groups excluding carboxylic acids is 1. The van der Waals surface area contributed by atoms with E-state index in [0.29, 0.717) is 0 Å². The highest BCUT2D eigenvalue weighted by Crippen LogP contribution is 2.19. The van der Waals surface area contributed by atoms with Crippen LogP contribution in [0.4, 0.5) is 5.69 Å². The van der Waals surface area contributed by atoms with Crippen molar-refractivity contribution in [2.24, 2.45) is 0 Å². The Morgan fingerprint density at radius 1 is 0.917 bits per heavy atom. The molecule has 0 spiro atoms. The first-order valence-corrected chi connectivity index (χ1v) is 8.63. The SMILES string of the molecule is CC/C(=C\C(=O)N1CCN(c2ccccc2)CC1)c1ccccc1. The summed E-state index contributed by atoms with van der Waals surface area (Å²) in [5.74, 6) is 0.128. The molecule has 1 saturated heterocycles. The summed E-state index contributed by atoms with van der Waals surface area (Å²) in [6, 6.07) is 20.6. The van der Waals surface area contributed by atoms with Gasteiger partial charge in [0.2, 0.25) is 5.91 Å². The lowest BCUT2D eigenvalue weighted by Crippen LogP contribution is -2.48. The predicted octanol–water partition coefficient (Wildman–Crippen LogP) is 3.83. The number of allylic oxidation sites excluding steroid dienone is 1. The van der Waals surface area contributed by atoms with Crippen molar-refractivity contribution in [3.05, 3.63) is 72.3 Å². The summed E-state index contributed by atoms with van der Waals surface area (Å²) in [6.07, 6.45) is 2.67. The Hall–Kier alpha value is -2.55. The highest BCUT2D eigenvalue weighted by molar-refractivity contribution is 5.95. The molecule has 1 aliphatic heterocycles. The van der Waals surface area contributed by atoms with E-state index in [0.717, 1.165) is 43.7 Å².